The van der Waals surface area contributed by atoms with Gasteiger partial charge in [-0.2, -0.15) is 13.2 Å². The van der Waals surface area contributed by atoms with E-state index in [4.69, 9.17) is 22.3 Å². The van der Waals surface area contributed by atoms with Crippen LogP contribution in [0.3, 0.4) is 0 Å². The first-order valence-electron chi connectivity index (χ1n) is 13.1. The van der Waals surface area contributed by atoms with E-state index in [1.165, 1.54) is 24.3 Å². The van der Waals surface area contributed by atoms with Crippen LogP contribution in [0.15, 0.2) is 48.6 Å². The SMILES string of the molecule is Cl.N=C(N)N1CC=C(c2ccc(-c3nnc(-c4ccc(C5=CCN(C(=N)N)CC5)cc4F)n3CC(F)(F)F)c(F)c2)CC1. The Labute approximate surface area is 250 Å². The van der Waals surface area contributed by atoms with E-state index in [0.29, 0.717) is 54.7 Å². The highest BCUT2D eigenvalue weighted by atomic mass is 35.5. The van der Waals surface area contributed by atoms with Crippen molar-refractivity contribution in [1.29, 1.82) is 10.8 Å². The lowest BCUT2D eigenvalue weighted by Gasteiger charge is -2.26. The van der Waals surface area contributed by atoms with Crippen molar-refractivity contribution in [2.75, 3.05) is 26.2 Å². The average molecular weight is 622 g/mol. The Hall–Kier alpha value is -4.46. The van der Waals surface area contributed by atoms with Crippen molar-refractivity contribution in [3.8, 4) is 22.8 Å². The molecule has 228 valence electrons. The van der Waals surface area contributed by atoms with E-state index in [0.717, 1.165) is 11.1 Å². The largest absolute Gasteiger partial charge is 0.406 e. The van der Waals surface area contributed by atoms with Crippen LogP contribution in [-0.4, -0.2) is 68.8 Å². The summed E-state index contributed by atoms with van der Waals surface area (Å²) in [5.74, 6) is -2.49. The monoisotopic (exact) mass is 621 g/mol. The van der Waals surface area contributed by atoms with Crippen molar-refractivity contribution >= 4 is 35.5 Å². The average Bonchev–Trinajstić information content (AvgIpc) is 3.34. The van der Waals surface area contributed by atoms with Crippen LogP contribution in [0.5, 0.6) is 0 Å². The number of nitrogens with two attached hydrogens (primary N) is 2. The zero-order valence-electron chi connectivity index (χ0n) is 22.8. The van der Waals surface area contributed by atoms with E-state index >= 15 is 8.78 Å². The number of halogens is 6. The van der Waals surface area contributed by atoms with Gasteiger partial charge in [0.05, 0.1) is 11.1 Å². The molecule has 0 amide bonds. The van der Waals surface area contributed by atoms with Crippen molar-refractivity contribution in [1.82, 2.24) is 24.6 Å². The second-order valence-electron chi connectivity index (χ2n) is 10.1. The van der Waals surface area contributed by atoms with Gasteiger partial charge in [0.15, 0.2) is 23.6 Å². The molecule has 0 fully saturated rings. The highest BCUT2D eigenvalue weighted by molar-refractivity contribution is 5.85. The van der Waals surface area contributed by atoms with E-state index in [1.54, 1.807) is 21.9 Å². The lowest BCUT2D eigenvalue weighted by molar-refractivity contribution is -0.140. The van der Waals surface area contributed by atoms with Gasteiger partial charge in [-0.1, -0.05) is 24.3 Å². The van der Waals surface area contributed by atoms with Crippen LogP contribution in [0.2, 0.25) is 0 Å². The third-order valence-corrected chi connectivity index (χ3v) is 7.35. The zero-order valence-corrected chi connectivity index (χ0v) is 23.6. The Balaban J connectivity index is 0.00000423. The fraction of sp³-hybridized carbons (Fsp3) is 0.286. The first-order chi connectivity index (χ1) is 19.9. The van der Waals surface area contributed by atoms with Crippen LogP contribution in [0, 0.1) is 22.5 Å². The summed E-state index contributed by atoms with van der Waals surface area (Å²) in [6, 6.07) is 8.28. The van der Waals surface area contributed by atoms with Gasteiger partial charge in [-0.15, -0.1) is 22.6 Å². The zero-order chi connectivity index (χ0) is 30.2. The van der Waals surface area contributed by atoms with Gasteiger partial charge < -0.3 is 21.3 Å². The highest BCUT2D eigenvalue weighted by Gasteiger charge is 2.33. The molecule has 0 atom stereocenters. The van der Waals surface area contributed by atoms with E-state index in [2.05, 4.69) is 10.2 Å². The van der Waals surface area contributed by atoms with E-state index in [1.807, 2.05) is 12.2 Å². The van der Waals surface area contributed by atoms with Crippen molar-refractivity contribution in [2.24, 2.45) is 11.5 Å². The van der Waals surface area contributed by atoms with Gasteiger partial charge in [0.1, 0.15) is 18.2 Å². The molecule has 1 aromatic heterocycles. The van der Waals surface area contributed by atoms with Gasteiger partial charge in [-0.05, 0) is 59.4 Å². The van der Waals surface area contributed by atoms with Crippen LogP contribution in [0.25, 0.3) is 33.9 Å². The summed E-state index contributed by atoms with van der Waals surface area (Å²) in [6.45, 7) is 0.176. The van der Waals surface area contributed by atoms with Gasteiger partial charge in [0.2, 0.25) is 0 Å². The predicted octanol–water partition coefficient (Wildman–Crippen LogP) is 4.84. The molecule has 0 aliphatic carbocycles. The smallest absolute Gasteiger partial charge is 0.370 e. The third-order valence-electron chi connectivity index (χ3n) is 7.35. The number of hydrogen-bond donors (Lipinski definition) is 4. The number of nitrogens with one attached hydrogen (secondary N) is 2. The van der Waals surface area contributed by atoms with E-state index < -0.39 is 24.4 Å². The van der Waals surface area contributed by atoms with Crippen LogP contribution in [-0.2, 0) is 6.54 Å². The lowest BCUT2D eigenvalue weighted by Crippen LogP contribution is -2.39. The molecule has 6 N–H and O–H groups in total. The Bertz CT molecular complexity index is 1500. The summed E-state index contributed by atoms with van der Waals surface area (Å²) >= 11 is 0. The van der Waals surface area contributed by atoms with Crippen LogP contribution in [0.1, 0.15) is 24.0 Å². The normalized spacial score (nSPS) is 15.5. The van der Waals surface area contributed by atoms with Crippen molar-refractivity contribution in [3.63, 3.8) is 0 Å². The first kappa shape index (κ1) is 31.5. The second kappa shape index (κ2) is 12.4. The van der Waals surface area contributed by atoms with E-state index in [9.17, 15) is 13.2 Å². The van der Waals surface area contributed by atoms with Crippen LogP contribution >= 0.6 is 12.4 Å². The Morgan fingerprint density at radius 1 is 0.767 bits per heavy atom. The molecule has 2 aliphatic heterocycles. The quantitative estimate of drug-likeness (QED) is 0.183. The van der Waals surface area contributed by atoms with Gasteiger partial charge in [0.25, 0.3) is 0 Å². The molecule has 3 heterocycles. The van der Waals surface area contributed by atoms with E-state index in [-0.39, 0.29) is 47.1 Å². The highest BCUT2D eigenvalue weighted by Crippen LogP contribution is 2.34. The summed E-state index contributed by atoms with van der Waals surface area (Å²) in [6.07, 6.45) is -0.0664. The molecule has 2 aliphatic rings. The minimum Gasteiger partial charge on any atom is -0.370 e. The molecule has 0 saturated carbocycles. The molecule has 15 heteroatoms. The van der Waals surface area contributed by atoms with Crippen molar-refractivity contribution < 1.29 is 22.0 Å². The van der Waals surface area contributed by atoms with Crippen molar-refractivity contribution in [3.05, 3.63) is 71.3 Å². The third kappa shape index (κ3) is 6.79. The summed E-state index contributed by atoms with van der Waals surface area (Å²) in [5.41, 5.74) is 13.3. The molecular formula is C28H29ClF5N9. The number of alkyl halides is 3. The maximum Gasteiger partial charge on any atom is 0.406 e. The summed E-state index contributed by atoms with van der Waals surface area (Å²) in [5, 5.41) is 22.8. The fourth-order valence-corrected chi connectivity index (χ4v) is 5.12. The van der Waals surface area contributed by atoms with Gasteiger partial charge in [-0.25, -0.2) is 8.78 Å². The number of benzene rings is 2. The molecule has 5 rings (SSSR count). The molecule has 0 spiro atoms. The molecular weight excluding hydrogens is 593 g/mol. The van der Waals surface area contributed by atoms with Crippen LogP contribution < -0.4 is 11.5 Å². The minimum atomic E-state index is -4.72. The molecule has 0 unspecified atom stereocenters. The van der Waals surface area contributed by atoms with Gasteiger partial charge in [-0.3, -0.25) is 15.4 Å². The fourth-order valence-electron chi connectivity index (χ4n) is 5.12. The Kier molecular flexibility index (Phi) is 9.09. The minimum absolute atomic E-state index is 0. The molecule has 43 heavy (non-hydrogen) atoms. The first-order valence-corrected chi connectivity index (χ1v) is 13.1. The lowest BCUT2D eigenvalue weighted by atomic mass is 9.97. The number of nitrogens with zero attached hydrogens (tertiary/aromatic N) is 5. The summed E-state index contributed by atoms with van der Waals surface area (Å²) in [7, 11) is 0. The predicted molar refractivity (Wildman–Crippen MR) is 156 cm³/mol. The van der Waals surface area contributed by atoms with Gasteiger partial charge >= 0.3 is 6.18 Å². The summed E-state index contributed by atoms with van der Waals surface area (Å²) < 4.78 is 72.4. The van der Waals surface area contributed by atoms with Crippen LogP contribution in [0.4, 0.5) is 22.0 Å². The molecule has 0 bridgehead atoms. The Morgan fingerprint density at radius 2 is 1.19 bits per heavy atom. The molecule has 3 aromatic rings. The molecule has 9 nitrogen and oxygen atoms in total. The van der Waals surface area contributed by atoms with Gasteiger partial charge in [0, 0.05) is 26.2 Å². The van der Waals surface area contributed by atoms with Crippen molar-refractivity contribution in [2.45, 2.75) is 25.6 Å². The molecule has 0 radical (unpaired) electrons. The maximum absolute atomic E-state index is 15.4. The number of rotatable bonds is 5. The molecule has 0 saturated heterocycles. The maximum atomic E-state index is 15.4. The topological polar surface area (TPSA) is 137 Å². The number of hydrogen-bond acceptors (Lipinski definition) is 4. The number of guanidine groups is 2. The second-order valence-corrected chi connectivity index (χ2v) is 10.1. The Morgan fingerprint density at radius 3 is 1.49 bits per heavy atom. The standard InChI is InChI=1S/C28H28F5N9.ClH/c29-22-13-18(16-5-9-40(10-6-16)26(34)35)1-3-20(22)24-38-39-25(42(24)15-28(31,32)33)21-4-2-19(14-23(21)30)17-7-11-41(12-8-17)27(36)37;/h1-5,7,13-14H,6,8-12,15H2,(H3,34,35)(H3,36,37);1H. The molecule has 2 aromatic carbocycles. The number of aromatic nitrogens is 3. The summed E-state index contributed by atoms with van der Waals surface area (Å²) in [4.78, 5) is 3.30.